The van der Waals surface area contributed by atoms with Crippen molar-refractivity contribution in [3.8, 4) is 5.75 Å². The van der Waals surface area contributed by atoms with Gasteiger partial charge in [-0.2, -0.15) is 0 Å². The Morgan fingerprint density at radius 1 is 1.41 bits per heavy atom. The zero-order chi connectivity index (χ0) is 16.1. The molecule has 2 rings (SSSR count). The average Bonchev–Trinajstić information content (AvgIpc) is 2.52. The molecule has 0 aliphatic carbocycles. The monoisotopic (exact) mass is 318 g/mol. The lowest BCUT2D eigenvalue weighted by Gasteiger charge is -2.29. The van der Waals surface area contributed by atoms with Gasteiger partial charge < -0.3 is 20.1 Å². The van der Waals surface area contributed by atoms with Crippen LogP contribution in [0, 0.1) is 0 Å². The van der Waals surface area contributed by atoms with Crippen LogP contribution in [0.15, 0.2) is 48.2 Å². The predicted molar refractivity (Wildman–Crippen MR) is 88.5 cm³/mol. The second-order valence-electron chi connectivity index (χ2n) is 4.73. The minimum atomic E-state index is -0.402. The van der Waals surface area contributed by atoms with E-state index in [0.29, 0.717) is 16.4 Å². The molecule has 0 bridgehead atoms. The number of carbonyl (C=O) groups is 1. The maximum absolute atomic E-state index is 12.3. The second-order valence-corrected chi connectivity index (χ2v) is 5.14. The number of nitrogens with one attached hydrogen (secondary N) is 2. The third-order valence-electron chi connectivity index (χ3n) is 3.27. The van der Waals surface area contributed by atoms with Crippen LogP contribution in [0.4, 0.5) is 0 Å². The summed E-state index contributed by atoms with van der Waals surface area (Å²) >= 11 is 5.19. The maximum atomic E-state index is 12.3. The smallest absolute Gasteiger partial charge is 0.338 e. The van der Waals surface area contributed by atoms with E-state index < -0.39 is 5.97 Å². The molecule has 1 aliphatic heterocycles. The molecule has 0 amide bonds. The zero-order valence-electron chi connectivity index (χ0n) is 12.5. The summed E-state index contributed by atoms with van der Waals surface area (Å²) in [6.07, 6.45) is 1.53. The van der Waals surface area contributed by atoms with Crippen molar-refractivity contribution in [1.29, 1.82) is 0 Å². The lowest BCUT2D eigenvalue weighted by atomic mass is 9.95. The van der Waals surface area contributed by atoms with Crippen LogP contribution in [0.2, 0.25) is 0 Å². The summed E-state index contributed by atoms with van der Waals surface area (Å²) in [4.78, 5) is 12.3. The molecule has 0 saturated carbocycles. The van der Waals surface area contributed by atoms with Crippen molar-refractivity contribution < 1.29 is 14.3 Å². The fourth-order valence-electron chi connectivity index (χ4n) is 2.22. The first-order valence-corrected chi connectivity index (χ1v) is 7.18. The molecule has 2 N–H and O–H groups in total. The minimum Gasteiger partial charge on any atom is -0.497 e. The molecular weight excluding hydrogens is 300 g/mol. The van der Waals surface area contributed by atoms with E-state index in [-0.39, 0.29) is 12.6 Å². The Balaban J connectivity index is 2.36. The van der Waals surface area contributed by atoms with E-state index in [9.17, 15) is 4.79 Å². The molecule has 1 aromatic rings. The third-order valence-corrected chi connectivity index (χ3v) is 3.49. The highest BCUT2D eigenvalue weighted by Gasteiger charge is 2.30. The van der Waals surface area contributed by atoms with Crippen molar-refractivity contribution in [3.05, 3.63) is 53.8 Å². The van der Waals surface area contributed by atoms with Crippen LogP contribution in [0.1, 0.15) is 18.5 Å². The topological polar surface area (TPSA) is 59.6 Å². The van der Waals surface area contributed by atoms with Crippen molar-refractivity contribution in [2.24, 2.45) is 0 Å². The van der Waals surface area contributed by atoms with Gasteiger partial charge in [0.05, 0.1) is 18.7 Å². The standard InChI is InChI=1S/C16H18N2O3S/c1-4-9-21-15(19)13-10(2)17-16(22)18-14(13)11-5-7-12(20-3)8-6-11/h4-8,14H,1,9H2,2-3H3,(H2,17,18,22)/t14-/m0/s1. The largest absolute Gasteiger partial charge is 0.497 e. The molecule has 0 radical (unpaired) electrons. The van der Waals surface area contributed by atoms with Crippen LogP contribution >= 0.6 is 12.2 Å². The van der Waals surface area contributed by atoms with Gasteiger partial charge in [-0.15, -0.1) is 0 Å². The molecule has 1 atom stereocenters. The van der Waals surface area contributed by atoms with Crippen LogP contribution in [-0.2, 0) is 9.53 Å². The van der Waals surface area contributed by atoms with Crippen molar-refractivity contribution in [2.75, 3.05) is 13.7 Å². The van der Waals surface area contributed by atoms with Gasteiger partial charge >= 0.3 is 5.97 Å². The summed E-state index contributed by atoms with van der Waals surface area (Å²) in [6, 6.07) is 7.09. The van der Waals surface area contributed by atoms with Crippen molar-refractivity contribution in [3.63, 3.8) is 0 Å². The van der Waals surface area contributed by atoms with Crippen LogP contribution in [0.25, 0.3) is 0 Å². The van der Waals surface area contributed by atoms with Crippen molar-refractivity contribution in [1.82, 2.24) is 10.6 Å². The number of hydrogen-bond donors (Lipinski definition) is 2. The number of thiocarbonyl (C=S) groups is 1. The SMILES string of the molecule is C=CCOC(=O)C1=C(C)NC(=S)N[C@H]1c1ccc(OC)cc1. The van der Waals surface area contributed by atoms with E-state index in [2.05, 4.69) is 17.2 Å². The highest BCUT2D eigenvalue weighted by molar-refractivity contribution is 7.80. The van der Waals surface area contributed by atoms with Gasteiger partial charge in [0.1, 0.15) is 12.4 Å². The Bertz CT molecular complexity index is 623. The molecule has 0 saturated heterocycles. The summed E-state index contributed by atoms with van der Waals surface area (Å²) < 4.78 is 10.3. The first-order valence-electron chi connectivity index (χ1n) is 6.77. The van der Waals surface area contributed by atoms with E-state index in [0.717, 1.165) is 11.3 Å². The molecule has 1 heterocycles. The van der Waals surface area contributed by atoms with Gasteiger partial charge in [-0.1, -0.05) is 24.8 Å². The van der Waals surface area contributed by atoms with Gasteiger partial charge in [0.25, 0.3) is 0 Å². The van der Waals surface area contributed by atoms with Gasteiger partial charge in [-0.25, -0.2) is 4.79 Å². The van der Waals surface area contributed by atoms with E-state index in [1.165, 1.54) is 6.08 Å². The highest BCUT2D eigenvalue weighted by atomic mass is 32.1. The van der Waals surface area contributed by atoms with Gasteiger partial charge in [-0.05, 0) is 36.8 Å². The Morgan fingerprint density at radius 3 is 2.68 bits per heavy atom. The molecule has 0 aromatic heterocycles. The Kier molecular flexibility index (Phi) is 5.16. The number of benzene rings is 1. The lowest BCUT2D eigenvalue weighted by Crippen LogP contribution is -2.45. The third kappa shape index (κ3) is 3.46. The number of methoxy groups -OCH3 is 1. The highest BCUT2D eigenvalue weighted by Crippen LogP contribution is 2.28. The predicted octanol–water partition coefficient (Wildman–Crippen LogP) is 2.22. The molecular formula is C16H18N2O3S. The lowest BCUT2D eigenvalue weighted by molar-refractivity contribution is -0.138. The quantitative estimate of drug-likeness (QED) is 0.493. The van der Waals surface area contributed by atoms with E-state index >= 15 is 0 Å². The first kappa shape index (κ1) is 16.0. The molecule has 22 heavy (non-hydrogen) atoms. The number of allylic oxidation sites excluding steroid dienone is 1. The normalized spacial score (nSPS) is 17.4. The fraction of sp³-hybridized carbons (Fsp3) is 0.250. The number of ether oxygens (including phenoxy) is 2. The summed E-state index contributed by atoms with van der Waals surface area (Å²) in [5.41, 5.74) is 2.08. The molecule has 116 valence electrons. The summed E-state index contributed by atoms with van der Waals surface area (Å²) in [6.45, 7) is 5.51. The van der Waals surface area contributed by atoms with Gasteiger partial charge in [-0.3, -0.25) is 0 Å². The molecule has 6 heteroatoms. The van der Waals surface area contributed by atoms with Gasteiger partial charge in [0.2, 0.25) is 0 Å². The zero-order valence-corrected chi connectivity index (χ0v) is 13.3. The van der Waals surface area contributed by atoms with Crippen LogP contribution in [0.5, 0.6) is 5.75 Å². The van der Waals surface area contributed by atoms with Crippen LogP contribution in [0.3, 0.4) is 0 Å². The Morgan fingerprint density at radius 2 is 2.09 bits per heavy atom. The van der Waals surface area contributed by atoms with Crippen LogP contribution in [-0.4, -0.2) is 24.8 Å². The molecule has 0 fully saturated rings. The number of hydrogen-bond acceptors (Lipinski definition) is 4. The second kappa shape index (κ2) is 7.09. The van der Waals surface area contributed by atoms with E-state index in [4.69, 9.17) is 21.7 Å². The summed E-state index contributed by atoms with van der Waals surface area (Å²) in [5, 5.41) is 6.53. The van der Waals surface area contributed by atoms with Crippen LogP contribution < -0.4 is 15.4 Å². The molecule has 1 aliphatic rings. The maximum Gasteiger partial charge on any atom is 0.338 e. The molecule has 0 unspecified atom stereocenters. The number of esters is 1. The van der Waals surface area contributed by atoms with Crippen molar-refractivity contribution in [2.45, 2.75) is 13.0 Å². The van der Waals surface area contributed by atoms with Gasteiger partial charge in [0, 0.05) is 5.70 Å². The number of carbonyl (C=O) groups excluding carboxylic acids is 1. The van der Waals surface area contributed by atoms with E-state index in [1.54, 1.807) is 14.0 Å². The average molecular weight is 318 g/mol. The molecule has 1 aromatic carbocycles. The van der Waals surface area contributed by atoms with E-state index in [1.807, 2.05) is 24.3 Å². The number of rotatable bonds is 5. The van der Waals surface area contributed by atoms with Gasteiger partial charge in [0.15, 0.2) is 5.11 Å². The Hall–Kier alpha value is -2.34. The fourth-order valence-corrected chi connectivity index (χ4v) is 2.49. The minimum absolute atomic E-state index is 0.162. The summed E-state index contributed by atoms with van der Waals surface area (Å²) in [7, 11) is 1.61. The molecule has 0 spiro atoms. The molecule has 5 nitrogen and oxygen atoms in total. The van der Waals surface area contributed by atoms with Crippen molar-refractivity contribution >= 4 is 23.3 Å². The Labute approximate surface area is 135 Å². The summed E-state index contributed by atoms with van der Waals surface area (Å²) in [5.74, 6) is 0.345. The first-order chi connectivity index (χ1) is 10.6.